The van der Waals surface area contributed by atoms with Crippen molar-refractivity contribution >= 4 is 11.8 Å². The average Bonchev–Trinajstić information content (AvgIpc) is 2.78. The second kappa shape index (κ2) is 10.4. The van der Waals surface area contributed by atoms with Crippen molar-refractivity contribution in [2.24, 2.45) is 0 Å². The summed E-state index contributed by atoms with van der Waals surface area (Å²) < 4.78 is 5.29. The Labute approximate surface area is 171 Å². The van der Waals surface area contributed by atoms with E-state index in [1.165, 1.54) is 30.8 Å². The van der Waals surface area contributed by atoms with E-state index in [9.17, 15) is 9.59 Å². The average molecular weight is 393 g/mol. The summed E-state index contributed by atoms with van der Waals surface area (Å²) in [5, 5.41) is 5.76. The molecule has 0 atom stereocenters. The number of allylic oxidation sites excluding steroid dienone is 1. The topological polar surface area (TPSA) is 80.3 Å². The van der Waals surface area contributed by atoms with Gasteiger partial charge in [0.05, 0.1) is 18.2 Å². The number of hydrogen-bond donors (Lipinski definition) is 2. The van der Waals surface area contributed by atoms with E-state index in [2.05, 4.69) is 21.7 Å². The molecule has 29 heavy (non-hydrogen) atoms. The minimum atomic E-state index is -0.287. The van der Waals surface area contributed by atoms with E-state index < -0.39 is 0 Å². The van der Waals surface area contributed by atoms with Crippen molar-refractivity contribution in [1.82, 2.24) is 15.6 Å². The predicted molar refractivity (Wildman–Crippen MR) is 112 cm³/mol. The van der Waals surface area contributed by atoms with E-state index in [0.717, 1.165) is 24.8 Å². The van der Waals surface area contributed by atoms with E-state index >= 15 is 0 Å². The third kappa shape index (κ3) is 5.91. The van der Waals surface area contributed by atoms with Crippen LogP contribution in [0.15, 0.2) is 54.4 Å². The fraction of sp³-hybridized carbons (Fsp3) is 0.348. The minimum absolute atomic E-state index is 0.215. The van der Waals surface area contributed by atoms with Crippen molar-refractivity contribution in [3.05, 3.63) is 71.1 Å². The van der Waals surface area contributed by atoms with Gasteiger partial charge in [0.25, 0.3) is 11.8 Å². The molecule has 2 aromatic rings. The summed E-state index contributed by atoms with van der Waals surface area (Å²) in [4.78, 5) is 28.9. The van der Waals surface area contributed by atoms with Crippen LogP contribution in [0.1, 0.15) is 58.4 Å². The van der Waals surface area contributed by atoms with Crippen LogP contribution in [0.2, 0.25) is 0 Å². The lowest BCUT2D eigenvalue weighted by Crippen LogP contribution is -2.27. The van der Waals surface area contributed by atoms with E-state index in [4.69, 9.17) is 4.74 Å². The van der Waals surface area contributed by atoms with Crippen LogP contribution in [0.5, 0.6) is 5.75 Å². The van der Waals surface area contributed by atoms with Gasteiger partial charge in [-0.1, -0.05) is 29.8 Å². The van der Waals surface area contributed by atoms with Crippen molar-refractivity contribution in [2.75, 3.05) is 13.7 Å². The molecule has 6 heteroatoms. The van der Waals surface area contributed by atoms with Gasteiger partial charge in [0.1, 0.15) is 5.75 Å². The molecule has 0 saturated carbocycles. The SMILES string of the molecule is COc1ccccc1CNC(=O)c1cncc(C(=O)NCCC2=CCCCC2)c1. The molecule has 2 N–H and O–H groups in total. The summed E-state index contributed by atoms with van der Waals surface area (Å²) in [6, 6.07) is 9.07. The number of pyridine rings is 1. The molecule has 2 amide bonds. The highest BCUT2D eigenvalue weighted by Crippen LogP contribution is 2.19. The zero-order valence-electron chi connectivity index (χ0n) is 16.7. The molecule has 0 aliphatic heterocycles. The molecular weight excluding hydrogens is 366 g/mol. The molecule has 1 aliphatic carbocycles. The zero-order valence-corrected chi connectivity index (χ0v) is 16.7. The highest BCUT2D eigenvalue weighted by atomic mass is 16.5. The van der Waals surface area contributed by atoms with Crippen LogP contribution in [0, 0.1) is 0 Å². The number of amides is 2. The molecule has 1 heterocycles. The Hall–Kier alpha value is -3.15. The largest absolute Gasteiger partial charge is 0.496 e. The van der Waals surface area contributed by atoms with Crippen LogP contribution in [0.3, 0.4) is 0 Å². The number of carbonyl (C=O) groups is 2. The first-order chi connectivity index (χ1) is 14.2. The van der Waals surface area contributed by atoms with Crippen LogP contribution in [0.25, 0.3) is 0 Å². The van der Waals surface area contributed by atoms with Gasteiger partial charge in [0, 0.05) is 31.0 Å². The predicted octanol–water partition coefficient (Wildman–Crippen LogP) is 3.64. The Kier molecular flexibility index (Phi) is 7.39. The summed E-state index contributed by atoms with van der Waals surface area (Å²) in [7, 11) is 1.59. The zero-order chi connectivity index (χ0) is 20.5. The number of nitrogens with zero attached hydrogens (tertiary/aromatic N) is 1. The molecular formula is C23H27N3O3. The van der Waals surface area contributed by atoms with Crippen LogP contribution in [0.4, 0.5) is 0 Å². The number of aromatic nitrogens is 1. The Balaban J connectivity index is 1.54. The van der Waals surface area contributed by atoms with Gasteiger partial charge in [-0.25, -0.2) is 0 Å². The highest BCUT2D eigenvalue weighted by Gasteiger charge is 2.12. The minimum Gasteiger partial charge on any atom is -0.496 e. The standard InChI is InChI=1S/C23H27N3O3/c1-29-21-10-6-5-9-18(21)16-26-23(28)20-13-19(14-24-15-20)22(27)25-12-11-17-7-3-2-4-8-17/h5-7,9-10,13-15H,2-4,8,11-12,16H2,1H3,(H,25,27)(H,26,28). The maximum Gasteiger partial charge on any atom is 0.253 e. The third-order valence-corrected chi connectivity index (χ3v) is 5.01. The maximum atomic E-state index is 12.5. The van der Waals surface area contributed by atoms with E-state index in [1.54, 1.807) is 13.2 Å². The molecule has 0 spiro atoms. The van der Waals surface area contributed by atoms with Gasteiger partial charge in [-0.15, -0.1) is 0 Å². The highest BCUT2D eigenvalue weighted by molar-refractivity contribution is 5.99. The molecule has 1 aromatic carbocycles. The fourth-order valence-electron chi connectivity index (χ4n) is 3.39. The Morgan fingerprint density at radius 3 is 2.55 bits per heavy atom. The number of rotatable bonds is 8. The summed E-state index contributed by atoms with van der Waals surface area (Å²) in [6.45, 7) is 0.920. The van der Waals surface area contributed by atoms with Crippen molar-refractivity contribution in [1.29, 1.82) is 0 Å². The number of methoxy groups -OCH3 is 1. The second-order valence-electron chi connectivity index (χ2n) is 7.07. The number of hydrogen-bond acceptors (Lipinski definition) is 4. The molecule has 0 fully saturated rings. The van der Waals surface area contributed by atoms with Crippen molar-refractivity contribution in [3.8, 4) is 5.75 Å². The molecule has 0 saturated heterocycles. The summed E-state index contributed by atoms with van der Waals surface area (Å²) in [6.07, 6.45) is 10.8. The first kappa shape index (κ1) is 20.6. The number of ether oxygens (including phenoxy) is 1. The first-order valence-corrected chi connectivity index (χ1v) is 9.98. The molecule has 152 valence electrons. The lowest BCUT2D eigenvalue weighted by atomic mass is 9.97. The lowest BCUT2D eigenvalue weighted by Gasteiger charge is -2.13. The van der Waals surface area contributed by atoms with E-state index in [1.807, 2.05) is 24.3 Å². The molecule has 0 unspecified atom stereocenters. The molecule has 0 bridgehead atoms. The van der Waals surface area contributed by atoms with Gasteiger partial charge in [0.2, 0.25) is 0 Å². The van der Waals surface area contributed by atoms with Gasteiger partial charge in [-0.2, -0.15) is 0 Å². The van der Waals surface area contributed by atoms with Crippen LogP contribution >= 0.6 is 0 Å². The van der Waals surface area contributed by atoms with E-state index in [0.29, 0.717) is 30.0 Å². The van der Waals surface area contributed by atoms with Crippen molar-refractivity contribution < 1.29 is 14.3 Å². The number of carbonyl (C=O) groups excluding carboxylic acids is 2. The number of nitrogens with one attached hydrogen (secondary N) is 2. The quantitative estimate of drug-likeness (QED) is 0.671. The molecule has 1 aliphatic rings. The lowest BCUT2D eigenvalue weighted by molar-refractivity contribution is 0.0950. The summed E-state index contributed by atoms with van der Waals surface area (Å²) in [5.74, 6) is 0.214. The van der Waals surface area contributed by atoms with Crippen LogP contribution in [-0.4, -0.2) is 30.5 Å². The first-order valence-electron chi connectivity index (χ1n) is 9.98. The molecule has 0 radical (unpaired) electrons. The van der Waals surface area contributed by atoms with Crippen molar-refractivity contribution in [3.63, 3.8) is 0 Å². The van der Waals surface area contributed by atoms with Gasteiger partial charge < -0.3 is 15.4 Å². The Bertz CT molecular complexity index is 892. The smallest absolute Gasteiger partial charge is 0.253 e. The molecule has 1 aromatic heterocycles. The molecule has 6 nitrogen and oxygen atoms in total. The van der Waals surface area contributed by atoms with E-state index in [-0.39, 0.29) is 11.8 Å². The van der Waals surface area contributed by atoms with Gasteiger partial charge in [-0.3, -0.25) is 14.6 Å². The summed E-state index contributed by atoms with van der Waals surface area (Å²) >= 11 is 0. The van der Waals surface area contributed by atoms with Gasteiger partial charge in [-0.05, 0) is 44.2 Å². The third-order valence-electron chi connectivity index (χ3n) is 5.01. The Morgan fingerprint density at radius 2 is 1.83 bits per heavy atom. The number of benzene rings is 1. The van der Waals surface area contributed by atoms with Gasteiger partial charge in [0.15, 0.2) is 0 Å². The van der Waals surface area contributed by atoms with Crippen LogP contribution in [-0.2, 0) is 6.54 Å². The Morgan fingerprint density at radius 1 is 1.07 bits per heavy atom. The normalized spacial score (nSPS) is 13.3. The monoisotopic (exact) mass is 393 g/mol. The maximum absolute atomic E-state index is 12.5. The summed E-state index contributed by atoms with van der Waals surface area (Å²) in [5.41, 5.74) is 3.02. The van der Waals surface area contributed by atoms with Gasteiger partial charge >= 0.3 is 0 Å². The second-order valence-corrected chi connectivity index (χ2v) is 7.07. The molecule has 3 rings (SSSR count). The van der Waals surface area contributed by atoms with Crippen LogP contribution < -0.4 is 15.4 Å². The van der Waals surface area contributed by atoms with Crippen molar-refractivity contribution in [2.45, 2.75) is 38.6 Å². The number of para-hydroxylation sites is 1. The fourth-order valence-corrected chi connectivity index (χ4v) is 3.39.